The van der Waals surface area contributed by atoms with Crippen molar-refractivity contribution in [1.29, 1.82) is 0 Å². The Morgan fingerprint density at radius 3 is 2.72 bits per heavy atom. The van der Waals surface area contributed by atoms with Gasteiger partial charge in [-0.1, -0.05) is 6.07 Å². The zero-order chi connectivity index (χ0) is 17.2. The average Bonchev–Trinajstić information content (AvgIpc) is 3.15. The molecule has 1 aliphatic carbocycles. The van der Waals surface area contributed by atoms with Crippen molar-refractivity contribution in [2.75, 3.05) is 37.3 Å². The molecule has 0 radical (unpaired) electrons. The SMILES string of the molecule is CSc1cccc(C(=O)N2CCN(c3cc4c(nn3)CCC4)CC2)c1. The highest BCUT2D eigenvalue weighted by atomic mass is 32.2. The van der Waals surface area contributed by atoms with Gasteiger partial charge in [0.15, 0.2) is 5.82 Å². The van der Waals surface area contributed by atoms with Crippen LogP contribution < -0.4 is 4.90 Å². The maximum Gasteiger partial charge on any atom is 0.254 e. The van der Waals surface area contributed by atoms with Crippen molar-refractivity contribution in [3.05, 3.63) is 47.2 Å². The summed E-state index contributed by atoms with van der Waals surface area (Å²) in [7, 11) is 0. The van der Waals surface area contributed by atoms with Crippen LogP contribution in [0.5, 0.6) is 0 Å². The molecular formula is C19H22N4OS. The summed E-state index contributed by atoms with van der Waals surface area (Å²) < 4.78 is 0. The van der Waals surface area contributed by atoms with Gasteiger partial charge in [-0.25, -0.2) is 0 Å². The van der Waals surface area contributed by atoms with Crippen molar-refractivity contribution in [3.63, 3.8) is 0 Å². The number of nitrogens with zero attached hydrogens (tertiary/aromatic N) is 4. The van der Waals surface area contributed by atoms with E-state index in [1.54, 1.807) is 11.8 Å². The third-order valence-electron chi connectivity index (χ3n) is 5.01. The van der Waals surface area contributed by atoms with E-state index in [0.29, 0.717) is 0 Å². The highest BCUT2D eigenvalue weighted by molar-refractivity contribution is 7.98. The molecule has 0 N–H and O–H groups in total. The number of carbonyl (C=O) groups is 1. The normalized spacial score (nSPS) is 16.8. The molecule has 0 unspecified atom stereocenters. The summed E-state index contributed by atoms with van der Waals surface area (Å²) in [4.78, 5) is 18.0. The Bertz CT molecular complexity index is 787. The molecule has 1 aliphatic heterocycles. The van der Waals surface area contributed by atoms with E-state index in [2.05, 4.69) is 21.2 Å². The third-order valence-corrected chi connectivity index (χ3v) is 5.74. The first-order chi connectivity index (χ1) is 12.2. The molecule has 5 nitrogen and oxygen atoms in total. The molecule has 0 saturated carbocycles. The van der Waals surface area contributed by atoms with E-state index in [0.717, 1.165) is 61.0 Å². The fourth-order valence-electron chi connectivity index (χ4n) is 3.55. The van der Waals surface area contributed by atoms with Gasteiger partial charge in [0.05, 0.1) is 5.69 Å². The third kappa shape index (κ3) is 3.35. The number of thioether (sulfide) groups is 1. The Labute approximate surface area is 152 Å². The van der Waals surface area contributed by atoms with E-state index < -0.39 is 0 Å². The monoisotopic (exact) mass is 354 g/mol. The number of amides is 1. The molecule has 2 aromatic rings. The lowest BCUT2D eigenvalue weighted by Gasteiger charge is -2.35. The quantitative estimate of drug-likeness (QED) is 0.793. The van der Waals surface area contributed by atoms with Gasteiger partial charge < -0.3 is 9.80 Å². The number of rotatable bonds is 3. The largest absolute Gasteiger partial charge is 0.352 e. The van der Waals surface area contributed by atoms with Crippen molar-refractivity contribution < 1.29 is 4.79 Å². The molecule has 25 heavy (non-hydrogen) atoms. The van der Waals surface area contributed by atoms with E-state index in [1.165, 1.54) is 12.0 Å². The van der Waals surface area contributed by atoms with Gasteiger partial charge in [-0.3, -0.25) is 4.79 Å². The summed E-state index contributed by atoms with van der Waals surface area (Å²) in [5, 5.41) is 8.78. The van der Waals surface area contributed by atoms with Crippen LogP contribution in [0.25, 0.3) is 0 Å². The van der Waals surface area contributed by atoms with Gasteiger partial charge in [0.25, 0.3) is 5.91 Å². The summed E-state index contributed by atoms with van der Waals surface area (Å²) in [6.45, 7) is 3.06. The number of piperazine rings is 1. The molecule has 0 bridgehead atoms. The Hall–Kier alpha value is -2.08. The second-order valence-corrected chi connectivity index (χ2v) is 7.42. The van der Waals surface area contributed by atoms with Crippen molar-refractivity contribution in [2.24, 2.45) is 0 Å². The van der Waals surface area contributed by atoms with Crippen LogP contribution in [-0.4, -0.2) is 53.4 Å². The van der Waals surface area contributed by atoms with Crippen LogP contribution in [-0.2, 0) is 12.8 Å². The molecule has 1 saturated heterocycles. The van der Waals surface area contributed by atoms with Crippen LogP contribution in [0.15, 0.2) is 35.2 Å². The average molecular weight is 354 g/mol. The van der Waals surface area contributed by atoms with Crippen molar-refractivity contribution in [3.8, 4) is 0 Å². The summed E-state index contributed by atoms with van der Waals surface area (Å²) in [6.07, 6.45) is 5.38. The molecule has 1 aromatic carbocycles. The molecule has 0 spiro atoms. The van der Waals surface area contributed by atoms with Gasteiger partial charge in [0.1, 0.15) is 0 Å². The smallest absolute Gasteiger partial charge is 0.254 e. The standard InChI is InChI=1S/C19H22N4OS/c1-25-16-6-2-5-15(12-16)19(24)23-10-8-22(9-11-23)18-13-14-4-3-7-17(14)20-21-18/h2,5-6,12-13H,3-4,7-11H2,1H3. The van der Waals surface area contributed by atoms with Gasteiger partial charge in [0, 0.05) is 36.6 Å². The molecule has 1 fully saturated rings. The van der Waals surface area contributed by atoms with Crippen LogP contribution in [0.4, 0.5) is 5.82 Å². The minimum absolute atomic E-state index is 0.121. The van der Waals surface area contributed by atoms with Crippen molar-refractivity contribution >= 4 is 23.5 Å². The number of aromatic nitrogens is 2. The Morgan fingerprint density at radius 1 is 1.08 bits per heavy atom. The van der Waals surface area contributed by atoms with Crippen LogP contribution in [0, 0.1) is 0 Å². The molecule has 6 heteroatoms. The Balaban J connectivity index is 1.41. The topological polar surface area (TPSA) is 49.3 Å². The minimum Gasteiger partial charge on any atom is -0.352 e. The molecular weight excluding hydrogens is 332 g/mol. The summed E-state index contributed by atoms with van der Waals surface area (Å²) in [6, 6.07) is 10.1. The number of aryl methyl sites for hydroxylation is 2. The van der Waals surface area contributed by atoms with Crippen molar-refractivity contribution in [2.45, 2.75) is 24.2 Å². The lowest BCUT2D eigenvalue weighted by Crippen LogP contribution is -2.49. The van der Waals surface area contributed by atoms with Gasteiger partial charge >= 0.3 is 0 Å². The summed E-state index contributed by atoms with van der Waals surface area (Å²) in [5.74, 6) is 1.08. The van der Waals surface area contributed by atoms with Gasteiger partial charge in [-0.15, -0.1) is 16.9 Å². The molecule has 4 rings (SSSR count). The molecule has 1 amide bonds. The lowest BCUT2D eigenvalue weighted by atomic mass is 10.1. The lowest BCUT2D eigenvalue weighted by molar-refractivity contribution is 0.0746. The number of hydrogen-bond donors (Lipinski definition) is 0. The van der Waals surface area contributed by atoms with E-state index >= 15 is 0 Å². The van der Waals surface area contributed by atoms with Crippen LogP contribution in [0.3, 0.4) is 0 Å². The first-order valence-corrected chi connectivity index (χ1v) is 10.0. The molecule has 130 valence electrons. The van der Waals surface area contributed by atoms with E-state index in [-0.39, 0.29) is 5.91 Å². The fourth-order valence-corrected chi connectivity index (χ4v) is 4.01. The highest BCUT2D eigenvalue weighted by Crippen LogP contribution is 2.24. The zero-order valence-electron chi connectivity index (χ0n) is 14.4. The maximum absolute atomic E-state index is 12.7. The van der Waals surface area contributed by atoms with Gasteiger partial charge in [-0.05, 0) is 55.3 Å². The second kappa shape index (κ2) is 7.04. The van der Waals surface area contributed by atoms with E-state index in [1.807, 2.05) is 35.4 Å². The van der Waals surface area contributed by atoms with Crippen LogP contribution in [0.1, 0.15) is 28.0 Å². The fraction of sp³-hybridized carbons (Fsp3) is 0.421. The summed E-state index contributed by atoms with van der Waals surface area (Å²) >= 11 is 1.66. The number of fused-ring (bicyclic) bond motifs is 1. The second-order valence-electron chi connectivity index (χ2n) is 6.54. The zero-order valence-corrected chi connectivity index (χ0v) is 15.3. The van der Waals surface area contributed by atoms with E-state index in [4.69, 9.17) is 0 Å². The Kier molecular flexibility index (Phi) is 4.61. The minimum atomic E-state index is 0.121. The van der Waals surface area contributed by atoms with E-state index in [9.17, 15) is 4.79 Å². The number of benzene rings is 1. The number of carbonyl (C=O) groups excluding carboxylic acids is 1. The number of hydrogen-bond acceptors (Lipinski definition) is 5. The van der Waals surface area contributed by atoms with Crippen molar-refractivity contribution in [1.82, 2.24) is 15.1 Å². The summed E-state index contributed by atoms with van der Waals surface area (Å²) in [5.41, 5.74) is 3.28. The maximum atomic E-state index is 12.7. The predicted molar refractivity (Wildman–Crippen MR) is 100 cm³/mol. The Morgan fingerprint density at radius 2 is 1.92 bits per heavy atom. The first kappa shape index (κ1) is 16.4. The molecule has 1 aromatic heterocycles. The first-order valence-electron chi connectivity index (χ1n) is 8.78. The predicted octanol–water partition coefficient (Wildman–Crippen LogP) is 2.65. The van der Waals surface area contributed by atoms with Gasteiger partial charge in [-0.2, -0.15) is 5.10 Å². The molecule has 2 aliphatic rings. The molecule has 0 atom stereocenters. The van der Waals surface area contributed by atoms with Crippen LogP contribution >= 0.6 is 11.8 Å². The number of anilines is 1. The highest BCUT2D eigenvalue weighted by Gasteiger charge is 2.24. The molecule has 2 heterocycles. The van der Waals surface area contributed by atoms with Crippen LogP contribution in [0.2, 0.25) is 0 Å². The van der Waals surface area contributed by atoms with Gasteiger partial charge in [0.2, 0.25) is 0 Å².